The van der Waals surface area contributed by atoms with Crippen LogP contribution in [0.4, 0.5) is 0 Å². The molecule has 23 heteroatoms. The number of rotatable bonds is 21. The van der Waals surface area contributed by atoms with Gasteiger partial charge in [-0.2, -0.15) is 0 Å². The van der Waals surface area contributed by atoms with Crippen molar-refractivity contribution in [2.75, 3.05) is 19.6 Å². The third kappa shape index (κ3) is 19.0. The monoisotopic (exact) mass is 1000 g/mol. The normalized spacial score (nSPS) is 20.3. The van der Waals surface area contributed by atoms with E-state index in [9.17, 15) is 43.2 Å². The number of hydrogen-bond acceptors (Lipinski definition) is 11. The minimum absolute atomic E-state index is 0.0101. The summed E-state index contributed by atoms with van der Waals surface area (Å²) in [5, 5.41) is 22.3. The first-order valence-electron chi connectivity index (χ1n) is 24.5. The Kier molecular flexibility index (Phi) is 23.4. The van der Waals surface area contributed by atoms with Gasteiger partial charge in [-0.1, -0.05) is 68.3 Å². The summed E-state index contributed by atoms with van der Waals surface area (Å²) in [7, 11) is 0. The van der Waals surface area contributed by atoms with E-state index >= 15 is 0 Å². The Bertz CT molecular complexity index is 2360. The highest BCUT2D eigenvalue weighted by molar-refractivity contribution is 5.98. The number of nitrogens with two attached hydrogens (primary N) is 4. The van der Waals surface area contributed by atoms with Crippen LogP contribution in [0.5, 0.6) is 0 Å². The molecular weight excluding hydrogens is 929 g/mol. The topological polar surface area (TPSA) is 382 Å². The lowest BCUT2D eigenvalue weighted by Crippen LogP contribution is -2.60. The Morgan fingerprint density at radius 2 is 1.40 bits per heavy atom. The number of primary amides is 1. The van der Waals surface area contributed by atoms with E-state index in [1.807, 2.05) is 31.2 Å². The molecule has 7 atom stereocenters. The molecule has 7 unspecified atom stereocenters. The second-order valence-corrected chi connectivity index (χ2v) is 17.8. The van der Waals surface area contributed by atoms with Crippen LogP contribution in [-0.4, -0.2) is 126 Å². The van der Waals surface area contributed by atoms with Crippen LogP contribution >= 0.6 is 0 Å². The molecule has 1 aliphatic rings. The number of nitrogens with one attached hydrogen (secondary N) is 9. The molecule has 9 amide bonds. The molecule has 3 aromatic rings. The van der Waals surface area contributed by atoms with Gasteiger partial charge in [0.25, 0.3) is 0 Å². The average molecular weight is 1000 g/mol. The largest absolute Gasteiger partial charge is 0.370 e. The van der Waals surface area contributed by atoms with Gasteiger partial charge in [-0.15, -0.1) is 0 Å². The van der Waals surface area contributed by atoms with Gasteiger partial charge >= 0.3 is 0 Å². The van der Waals surface area contributed by atoms with Gasteiger partial charge in [-0.25, -0.2) is 0 Å². The van der Waals surface area contributed by atoms with Crippen LogP contribution in [0.1, 0.15) is 95.6 Å². The highest BCUT2D eigenvalue weighted by atomic mass is 16.2. The number of carbonyl (C=O) groups excluding carboxylic acids is 9. The van der Waals surface area contributed by atoms with Gasteiger partial charge in [0.1, 0.15) is 42.3 Å². The fourth-order valence-electron chi connectivity index (χ4n) is 8.15. The molecule has 0 radical (unpaired) electrons. The first kappa shape index (κ1) is 57.0. The SMILES string of the molecule is CCCCC(NC(C)=O)C(=O)NC1CCC(=O)NCCC(C(=O)NC(Cc2c[nH]c3ccccc23)C(N)=O)NC(=O)C(CCCN=C(N)N)NC(=O)C(Cc2ccccc2)NC(=O)C(CCCCN)NC1=O. The quantitative estimate of drug-likeness (QED) is 0.0331. The van der Waals surface area contributed by atoms with Gasteiger partial charge in [-0.3, -0.25) is 48.1 Å². The Morgan fingerprint density at radius 1 is 0.750 bits per heavy atom. The molecule has 1 aliphatic heterocycles. The molecule has 17 N–H and O–H groups in total. The van der Waals surface area contributed by atoms with E-state index in [4.69, 9.17) is 22.9 Å². The number of aliphatic imine (C=N–C) groups is 1. The third-order valence-electron chi connectivity index (χ3n) is 12.1. The summed E-state index contributed by atoms with van der Waals surface area (Å²) in [4.78, 5) is 131. The van der Waals surface area contributed by atoms with E-state index < -0.39 is 95.5 Å². The van der Waals surface area contributed by atoms with Crippen LogP contribution in [0, 0.1) is 0 Å². The molecule has 0 bridgehead atoms. The van der Waals surface area contributed by atoms with Crippen molar-refractivity contribution >= 4 is 70.0 Å². The van der Waals surface area contributed by atoms with Crippen LogP contribution in [0.2, 0.25) is 0 Å². The molecule has 4 rings (SSSR count). The van der Waals surface area contributed by atoms with Crippen LogP contribution in [-0.2, 0) is 56.0 Å². The summed E-state index contributed by atoms with van der Waals surface area (Å²) in [6, 6.07) is 7.06. The Balaban J connectivity index is 1.75. The number of carbonyl (C=O) groups is 9. The van der Waals surface area contributed by atoms with Gasteiger partial charge < -0.3 is 70.5 Å². The maximum absolute atomic E-state index is 14.5. The van der Waals surface area contributed by atoms with E-state index in [2.05, 4.69) is 52.5 Å². The van der Waals surface area contributed by atoms with E-state index in [1.54, 1.807) is 36.5 Å². The molecule has 2 heterocycles. The molecule has 23 nitrogen and oxygen atoms in total. The number of hydrogen-bond donors (Lipinski definition) is 13. The van der Waals surface area contributed by atoms with Crippen LogP contribution in [0.25, 0.3) is 10.9 Å². The fourth-order valence-corrected chi connectivity index (χ4v) is 8.15. The molecule has 72 heavy (non-hydrogen) atoms. The summed E-state index contributed by atoms with van der Waals surface area (Å²) < 4.78 is 0. The van der Waals surface area contributed by atoms with Gasteiger partial charge in [-0.05, 0) is 75.1 Å². The first-order chi connectivity index (χ1) is 34.5. The molecule has 0 saturated carbocycles. The molecule has 0 spiro atoms. The van der Waals surface area contributed by atoms with Crippen molar-refractivity contribution in [3.8, 4) is 0 Å². The molecule has 1 saturated heterocycles. The third-order valence-corrected chi connectivity index (χ3v) is 12.1. The Hall–Kier alpha value is -7.56. The highest BCUT2D eigenvalue weighted by Gasteiger charge is 2.35. The minimum atomic E-state index is -1.43. The molecule has 1 aromatic heterocycles. The predicted molar refractivity (Wildman–Crippen MR) is 270 cm³/mol. The number of para-hydroxylation sites is 1. The number of unbranched alkanes of at least 4 members (excludes halogenated alkanes) is 2. The number of fused-ring (bicyclic) bond motifs is 1. The number of aromatic nitrogens is 1. The first-order valence-corrected chi connectivity index (χ1v) is 24.5. The number of benzene rings is 2. The molecular formula is C49H72N14O9. The predicted octanol–water partition coefficient (Wildman–Crippen LogP) is -1.48. The van der Waals surface area contributed by atoms with Crippen molar-refractivity contribution in [1.29, 1.82) is 0 Å². The van der Waals surface area contributed by atoms with Crippen molar-refractivity contribution in [2.24, 2.45) is 27.9 Å². The van der Waals surface area contributed by atoms with Gasteiger partial charge in [0.15, 0.2) is 5.96 Å². The van der Waals surface area contributed by atoms with Crippen molar-refractivity contribution in [1.82, 2.24) is 47.5 Å². The van der Waals surface area contributed by atoms with Crippen molar-refractivity contribution < 1.29 is 43.2 Å². The molecule has 0 aliphatic carbocycles. The number of guanidine groups is 1. The Morgan fingerprint density at radius 3 is 2.08 bits per heavy atom. The van der Waals surface area contributed by atoms with Gasteiger partial charge in [0.2, 0.25) is 53.2 Å². The molecule has 392 valence electrons. The van der Waals surface area contributed by atoms with Gasteiger partial charge in [0, 0.05) is 56.4 Å². The van der Waals surface area contributed by atoms with E-state index in [0.29, 0.717) is 36.8 Å². The van der Waals surface area contributed by atoms with Gasteiger partial charge in [0.05, 0.1) is 0 Å². The van der Waals surface area contributed by atoms with Crippen LogP contribution in [0.3, 0.4) is 0 Å². The average Bonchev–Trinajstić information content (AvgIpc) is 3.75. The molecule has 2 aromatic carbocycles. The zero-order valence-corrected chi connectivity index (χ0v) is 41.1. The lowest BCUT2D eigenvalue weighted by atomic mass is 10.0. The number of H-pyrrole nitrogens is 1. The van der Waals surface area contributed by atoms with E-state index in [0.717, 1.165) is 10.9 Å². The molecule has 1 fully saturated rings. The van der Waals surface area contributed by atoms with Crippen LogP contribution in [0.15, 0.2) is 65.8 Å². The van der Waals surface area contributed by atoms with E-state index in [1.165, 1.54) is 6.92 Å². The van der Waals surface area contributed by atoms with Crippen molar-refractivity contribution in [3.05, 3.63) is 71.9 Å². The smallest absolute Gasteiger partial charge is 0.243 e. The summed E-state index contributed by atoms with van der Waals surface area (Å²) in [5.41, 5.74) is 24.8. The van der Waals surface area contributed by atoms with Crippen molar-refractivity contribution in [2.45, 2.75) is 140 Å². The zero-order chi connectivity index (χ0) is 52.6. The lowest BCUT2D eigenvalue weighted by Gasteiger charge is -2.28. The zero-order valence-electron chi connectivity index (χ0n) is 41.1. The fraction of sp³-hybridized carbons (Fsp3) is 0.510. The maximum Gasteiger partial charge on any atom is 0.243 e. The Labute approximate surface area is 418 Å². The minimum Gasteiger partial charge on any atom is -0.370 e. The summed E-state index contributed by atoms with van der Waals surface area (Å²) in [6.07, 6.45) is 3.37. The number of amides is 9. The second kappa shape index (κ2) is 29.6. The van der Waals surface area contributed by atoms with Crippen molar-refractivity contribution in [3.63, 3.8) is 0 Å². The maximum atomic E-state index is 14.5. The summed E-state index contributed by atoms with van der Waals surface area (Å²) in [5.74, 6) is -6.84. The summed E-state index contributed by atoms with van der Waals surface area (Å²) in [6.45, 7) is 3.30. The van der Waals surface area contributed by atoms with Crippen LogP contribution < -0.4 is 65.5 Å². The lowest BCUT2D eigenvalue weighted by molar-refractivity contribution is -0.136. The number of nitrogens with zero attached hydrogens (tertiary/aromatic N) is 1. The highest BCUT2D eigenvalue weighted by Crippen LogP contribution is 2.19. The summed E-state index contributed by atoms with van der Waals surface area (Å²) >= 11 is 0. The second-order valence-electron chi connectivity index (χ2n) is 17.8. The number of aromatic amines is 1. The standard InChI is InChI=1S/C49H72N14O9/c1-3-4-16-34(57-29(2)64)43(67)60-37-20-21-41(65)54-25-22-38(47(71)62-39(42(51)66)27-31-28-56-33-17-9-8-15-32(31)33)61-44(68)36(19-12-24-55-49(52)53)59-48(72)40(26-30-13-6-5-7-14-30)63-45(69)35(58-46(37)70)18-10-11-23-50/h5-9,13-15,17,28,34-40,56H,3-4,10-12,16,18-27,50H2,1-2H3,(H2,51,66)(H,54,65)(H,57,64)(H,58,70)(H,59,72)(H,60,67)(H,61,68)(H,62,71)(H,63,69)(H4,52,53,55). The van der Waals surface area contributed by atoms with E-state index in [-0.39, 0.29) is 83.4 Å².